The zero-order chi connectivity index (χ0) is 19.5. The molecule has 0 unspecified atom stereocenters. The van der Waals surface area contributed by atoms with Crippen LogP contribution in [0.15, 0.2) is 36.7 Å². The van der Waals surface area contributed by atoms with E-state index in [9.17, 15) is 4.79 Å². The van der Waals surface area contributed by atoms with Gasteiger partial charge in [-0.3, -0.25) is 9.78 Å². The highest BCUT2D eigenvalue weighted by molar-refractivity contribution is 5.82. The number of amides is 1. The number of carbonyl (C=O) groups is 1. The van der Waals surface area contributed by atoms with Crippen LogP contribution in [-0.2, 0) is 11.2 Å². The first kappa shape index (κ1) is 18.7. The number of hydrogen-bond acceptors (Lipinski definition) is 6. The van der Waals surface area contributed by atoms with Gasteiger partial charge in [-0.2, -0.15) is 0 Å². The van der Waals surface area contributed by atoms with E-state index in [-0.39, 0.29) is 11.8 Å². The molecule has 0 bridgehead atoms. The molecule has 2 aliphatic heterocycles. The molecule has 2 aliphatic rings. The van der Waals surface area contributed by atoms with E-state index in [2.05, 4.69) is 27.9 Å². The van der Waals surface area contributed by atoms with Gasteiger partial charge in [0.1, 0.15) is 11.6 Å². The molecule has 1 aromatic heterocycles. The summed E-state index contributed by atoms with van der Waals surface area (Å²) in [5.74, 6) is 2.05. The first-order valence-electron chi connectivity index (χ1n) is 9.78. The van der Waals surface area contributed by atoms with E-state index < -0.39 is 0 Å². The molecule has 28 heavy (non-hydrogen) atoms. The van der Waals surface area contributed by atoms with E-state index in [1.54, 1.807) is 19.5 Å². The Bertz CT molecular complexity index is 829. The molecule has 0 aliphatic carbocycles. The van der Waals surface area contributed by atoms with E-state index in [0.717, 1.165) is 62.1 Å². The van der Waals surface area contributed by atoms with E-state index >= 15 is 0 Å². The summed E-state index contributed by atoms with van der Waals surface area (Å²) in [5.41, 5.74) is 2.05. The number of methoxy groups -OCH3 is 1. The quantitative estimate of drug-likeness (QED) is 0.778. The lowest BCUT2D eigenvalue weighted by Crippen LogP contribution is -2.57. The summed E-state index contributed by atoms with van der Waals surface area (Å²) in [6.07, 6.45) is 4.29. The van der Waals surface area contributed by atoms with Gasteiger partial charge in [0, 0.05) is 51.9 Å². The second-order valence-corrected chi connectivity index (χ2v) is 7.63. The van der Waals surface area contributed by atoms with Gasteiger partial charge in [-0.25, -0.2) is 4.98 Å². The molecule has 0 saturated carbocycles. The van der Waals surface area contributed by atoms with Crippen LogP contribution in [-0.4, -0.2) is 79.1 Å². The van der Waals surface area contributed by atoms with E-state index in [0.29, 0.717) is 6.42 Å². The van der Waals surface area contributed by atoms with Crippen molar-refractivity contribution >= 4 is 11.7 Å². The summed E-state index contributed by atoms with van der Waals surface area (Å²) in [6, 6.07) is 7.99. The standard InChI is InChI=1S/C21H27N5O2/c1-24-6-8-25(9-7-24)21(27)17-14-26(15-17)20-13-22-12-18(23-20)10-16-4-3-5-19(11-16)28-2/h3-5,11-13,17H,6-10,14-15H2,1-2H3. The van der Waals surface area contributed by atoms with Crippen LogP contribution in [0.25, 0.3) is 0 Å². The number of hydrogen-bond donors (Lipinski definition) is 0. The lowest BCUT2D eigenvalue weighted by molar-refractivity contribution is -0.137. The Balaban J connectivity index is 1.35. The van der Waals surface area contributed by atoms with E-state index in [4.69, 9.17) is 9.72 Å². The van der Waals surface area contributed by atoms with Crippen LogP contribution in [0, 0.1) is 5.92 Å². The average molecular weight is 381 g/mol. The predicted octanol–water partition coefficient (Wildman–Crippen LogP) is 1.29. The lowest BCUT2D eigenvalue weighted by Gasteiger charge is -2.42. The van der Waals surface area contributed by atoms with Gasteiger partial charge in [0.25, 0.3) is 0 Å². The summed E-state index contributed by atoms with van der Waals surface area (Å²) in [7, 11) is 3.77. The maximum absolute atomic E-state index is 12.7. The van der Waals surface area contributed by atoms with E-state index in [1.807, 2.05) is 23.1 Å². The van der Waals surface area contributed by atoms with Gasteiger partial charge in [0.05, 0.1) is 24.9 Å². The van der Waals surface area contributed by atoms with Crippen molar-refractivity contribution in [3.05, 3.63) is 47.9 Å². The smallest absolute Gasteiger partial charge is 0.229 e. The Morgan fingerprint density at radius 3 is 2.71 bits per heavy atom. The van der Waals surface area contributed by atoms with Crippen LogP contribution in [0.1, 0.15) is 11.3 Å². The zero-order valence-corrected chi connectivity index (χ0v) is 16.5. The molecule has 0 spiro atoms. The monoisotopic (exact) mass is 381 g/mol. The van der Waals surface area contributed by atoms with Crippen molar-refractivity contribution in [2.45, 2.75) is 6.42 Å². The first-order chi connectivity index (χ1) is 13.6. The summed E-state index contributed by atoms with van der Waals surface area (Å²) in [4.78, 5) is 28.2. The van der Waals surface area contributed by atoms with Gasteiger partial charge in [-0.1, -0.05) is 12.1 Å². The van der Waals surface area contributed by atoms with Crippen LogP contribution < -0.4 is 9.64 Å². The summed E-state index contributed by atoms with van der Waals surface area (Å²) in [6.45, 7) is 5.04. The largest absolute Gasteiger partial charge is 0.497 e. The molecule has 0 radical (unpaired) electrons. The molecule has 2 saturated heterocycles. The molecule has 1 amide bonds. The normalized spacial score (nSPS) is 18.1. The van der Waals surface area contributed by atoms with Gasteiger partial charge < -0.3 is 19.4 Å². The minimum absolute atomic E-state index is 0.0762. The minimum Gasteiger partial charge on any atom is -0.497 e. The molecular formula is C21H27N5O2. The zero-order valence-electron chi connectivity index (χ0n) is 16.5. The number of anilines is 1. The number of nitrogens with zero attached hydrogens (tertiary/aromatic N) is 5. The Kier molecular flexibility index (Phi) is 5.43. The highest BCUT2D eigenvalue weighted by Gasteiger charge is 2.36. The van der Waals surface area contributed by atoms with Gasteiger partial charge in [-0.05, 0) is 24.7 Å². The van der Waals surface area contributed by atoms with Crippen LogP contribution in [0.3, 0.4) is 0 Å². The Labute approximate surface area is 165 Å². The lowest BCUT2D eigenvalue weighted by atomic mass is 9.98. The highest BCUT2D eigenvalue weighted by atomic mass is 16.5. The number of rotatable bonds is 5. The first-order valence-corrected chi connectivity index (χ1v) is 9.78. The van der Waals surface area contributed by atoms with Gasteiger partial charge >= 0.3 is 0 Å². The van der Waals surface area contributed by atoms with Crippen LogP contribution in [0.2, 0.25) is 0 Å². The predicted molar refractivity (Wildman–Crippen MR) is 108 cm³/mol. The minimum atomic E-state index is 0.0762. The number of carbonyl (C=O) groups excluding carboxylic acids is 1. The maximum Gasteiger partial charge on any atom is 0.229 e. The molecule has 0 atom stereocenters. The summed E-state index contributed by atoms with van der Waals surface area (Å²) in [5, 5.41) is 0. The fraction of sp³-hybridized carbons (Fsp3) is 0.476. The van der Waals surface area contributed by atoms with E-state index in [1.165, 1.54) is 0 Å². The number of aromatic nitrogens is 2. The number of benzene rings is 1. The molecule has 148 valence electrons. The fourth-order valence-electron chi connectivity index (χ4n) is 3.73. The Morgan fingerprint density at radius 1 is 1.18 bits per heavy atom. The van der Waals surface area contributed by atoms with Crippen molar-refractivity contribution < 1.29 is 9.53 Å². The van der Waals surface area contributed by atoms with Crippen LogP contribution in [0.4, 0.5) is 5.82 Å². The molecule has 4 rings (SSSR count). The third-order valence-electron chi connectivity index (χ3n) is 5.56. The number of ether oxygens (including phenoxy) is 1. The Morgan fingerprint density at radius 2 is 1.96 bits per heavy atom. The third kappa shape index (κ3) is 4.09. The van der Waals surface area contributed by atoms with Gasteiger partial charge in [0.2, 0.25) is 5.91 Å². The van der Waals surface area contributed by atoms with Crippen molar-refractivity contribution in [3.63, 3.8) is 0 Å². The topological polar surface area (TPSA) is 61.8 Å². The van der Waals surface area contributed by atoms with Crippen LogP contribution >= 0.6 is 0 Å². The van der Waals surface area contributed by atoms with Crippen molar-refractivity contribution in [1.82, 2.24) is 19.8 Å². The average Bonchev–Trinajstić information content (AvgIpc) is 2.68. The molecule has 3 heterocycles. The van der Waals surface area contributed by atoms with Crippen molar-refractivity contribution in [3.8, 4) is 5.75 Å². The summed E-state index contributed by atoms with van der Waals surface area (Å²) < 4.78 is 5.29. The summed E-state index contributed by atoms with van der Waals surface area (Å²) >= 11 is 0. The van der Waals surface area contributed by atoms with Crippen LogP contribution in [0.5, 0.6) is 5.75 Å². The molecule has 7 heteroatoms. The number of piperazine rings is 1. The Hall–Kier alpha value is -2.67. The maximum atomic E-state index is 12.7. The third-order valence-corrected chi connectivity index (χ3v) is 5.56. The number of likely N-dealkylation sites (N-methyl/N-ethyl adjacent to an activating group) is 1. The van der Waals surface area contributed by atoms with Gasteiger partial charge in [-0.15, -0.1) is 0 Å². The van der Waals surface area contributed by atoms with Crippen molar-refractivity contribution in [1.29, 1.82) is 0 Å². The highest BCUT2D eigenvalue weighted by Crippen LogP contribution is 2.25. The molecule has 2 fully saturated rings. The fourth-order valence-corrected chi connectivity index (χ4v) is 3.73. The molecular weight excluding hydrogens is 354 g/mol. The van der Waals surface area contributed by atoms with Crippen molar-refractivity contribution in [2.24, 2.45) is 5.92 Å². The second kappa shape index (κ2) is 8.14. The van der Waals surface area contributed by atoms with Gasteiger partial charge in [0.15, 0.2) is 0 Å². The molecule has 1 aromatic carbocycles. The molecule has 7 nitrogen and oxygen atoms in total. The molecule has 2 aromatic rings. The van der Waals surface area contributed by atoms with Crippen molar-refractivity contribution in [2.75, 3.05) is 58.3 Å². The SMILES string of the molecule is COc1cccc(Cc2cncc(N3CC(C(=O)N4CCN(C)CC4)C3)n2)c1. The second-order valence-electron chi connectivity index (χ2n) is 7.63. The molecule has 0 N–H and O–H groups in total.